The quantitative estimate of drug-likeness (QED) is 0.539. The van der Waals surface area contributed by atoms with Crippen molar-refractivity contribution < 1.29 is 14.3 Å². The number of methoxy groups -OCH3 is 1. The van der Waals surface area contributed by atoms with E-state index in [0.29, 0.717) is 26.1 Å². The Morgan fingerprint density at radius 1 is 0.828 bits per heavy atom. The van der Waals surface area contributed by atoms with Crippen molar-refractivity contribution in [1.29, 1.82) is 0 Å². The van der Waals surface area contributed by atoms with Crippen LogP contribution in [0.4, 0.5) is 5.69 Å². The molecule has 0 unspecified atom stereocenters. The summed E-state index contributed by atoms with van der Waals surface area (Å²) in [5.74, 6) is 1.63. The van der Waals surface area contributed by atoms with E-state index in [1.807, 2.05) is 78.9 Å². The zero-order chi connectivity index (χ0) is 20.3. The van der Waals surface area contributed by atoms with E-state index < -0.39 is 0 Å². The van der Waals surface area contributed by atoms with Crippen LogP contribution in [0.25, 0.3) is 0 Å². The summed E-state index contributed by atoms with van der Waals surface area (Å²) in [4.78, 5) is 12.0. The maximum absolute atomic E-state index is 12.0. The minimum absolute atomic E-state index is 0.0103. The van der Waals surface area contributed by atoms with E-state index in [1.54, 1.807) is 7.11 Å². The van der Waals surface area contributed by atoms with Crippen LogP contribution < -0.4 is 20.1 Å². The molecule has 0 aromatic heterocycles. The molecule has 0 bridgehead atoms. The summed E-state index contributed by atoms with van der Waals surface area (Å²) in [5, 5.41) is 6.18. The van der Waals surface area contributed by atoms with Gasteiger partial charge in [-0.3, -0.25) is 4.79 Å². The Kier molecular flexibility index (Phi) is 7.52. The Labute approximate surface area is 171 Å². The number of amides is 1. The maximum atomic E-state index is 12.0. The van der Waals surface area contributed by atoms with Gasteiger partial charge in [-0.15, -0.1) is 0 Å². The Hall–Kier alpha value is -3.47. The first-order chi connectivity index (χ1) is 14.2. The molecule has 0 saturated carbocycles. The molecule has 0 aliphatic heterocycles. The monoisotopic (exact) mass is 390 g/mol. The molecule has 0 saturated heterocycles. The lowest BCUT2D eigenvalue weighted by atomic mass is 10.2. The Morgan fingerprint density at radius 3 is 2.21 bits per heavy atom. The smallest absolute Gasteiger partial charge is 0.222 e. The molecule has 3 aromatic carbocycles. The third kappa shape index (κ3) is 6.88. The normalized spacial score (nSPS) is 10.2. The van der Waals surface area contributed by atoms with Crippen molar-refractivity contribution in [2.75, 3.05) is 19.0 Å². The first kappa shape index (κ1) is 20.3. The van der Waals surface area contributed by atoms with Gasteiger partial charge >= 0.3 is 0 Å². The van der Waals surface area contributed by atoms with Crippen LogP contribution >= 0.6 is 0 Å². The van der Waals surface area contributed by atoms with E-state index in [1.165, 1.54) is 0 Å². The molecule has 0 aliphatic rings. The lowest BCUT2D eigenvalue weighted by molar-refractivity contribution is -0.121. The molecular weight excluding hydrogens is 364 g/mol. The number of hydrogen-bond acceptors (Lipinski definition) is 4. The first-order valence-electron chi connectivity index (χ1n) is 9.63. The van der Waals surface area contributed by atoms with Crippen LogP contribution in [0.1, 0.15) is 17.5 Å². The van der Waals surface area contributed by atoms with Gasteiger partial charge in [-0.05, 0) is 47.5 Å². The second-order valence-electron chi connectivity index (χ2n) is 6.60. The summed E-state index contributed by atoms with van der Waals surface area (Å²) in [6, 6.07) is 25.5. The highest BCUT2D eigenvalue weighted by atomic mass is 16.5. The molecule has 1 amide bonds. The second-order valence-corrected chi connectivity index (χ2v) is 6.60. The van der Waals surface area contributed by atoms with Gasteiger partial charge in [-0.25, -0.2) is 0 Å². The van der Waals surface area contributed by atoms with Crippen LogP contribution in [0.15, 0.2) is 78.9 Å². The lowest BCUT2D eigenvalue weighted by Gasteiger charge is -2.10. The Bertz CT molecular complexity index is 878. The van der Waals surface area contributed by atoms with E-state index in [0.717, 1.165) is 28.3 Å². The van der Waals surface area contributed by atoms with E-state index >= 15 is 0 Å². The van der Waals surface area contributed by atoms with E-state index in [9.17, 15) is 4.79 Å². The van der Waals surface area contributed by atoms with Crippen LogP contribution in [0, 0.1) is 0 Å². The molecule has 29 heavy (non-hydrogen) atoms. The number of rotatable bonds is 10. The van der Waals surface area contributed by atoms with Crippen molar-refractivity contribution in [3.63, 3.8) is 0 Å². The predicted molar refractivity (Wildman–Crippen MR) is 115 cm³/mol. The van der Waals surface area contributed by atoms with Gasteiger partial charge in [0.2, 0.25) is 5.91 Å². The van der Waals surface area contributed by atoms with Crippen molar-refractivity contribution in [2.45, 2.75) is 19.6 Å². The Morgan fingerprint density at radius 2 is 1.52 bits per heavy atom. The number of nitrogens with one attached hydrogen (secondary N) is 2. The fourth-order valence-corrected chi connectivity index (χ4v) is 2.76. The zero-order valence-electron chi connectivity index (χ0n) is 16.6. The third-order valence-electron chi connectivity index (χ3n) is 4.43. The van der Waals surface area contributed by atoms with E-state index in [-0.39, 0.29) is 5.91 Å². The highest BCUT2D eigenvalue weighted by molar-refractivity contribution is 5.76. The molecule has 0 fully saturated rings. The van der Waals surface area contributed by atoms with Crippen LogP contribution in [0.3, 0.4) is 0 Å². The number of carbonyl (C=O) groups is 1. The molecule has 0 radical (unpaired) electrons. The SMILES string of the molecule is COc1ccc(CNC(=O)CCNc2ccc(OCc3ccccc3)cc2)cc1. The van der Waals surface area contributed by atoms with Crippen molar-refractivity contribution in [3.8, 4) is 11.5 Å². The highest BCUT2D eigenvalue weighted by Crippen LogP contribution is 2.17. The fourth-order valence-electron chi connectivity index (χ4n) is 2.76. The van der Waals surface area contributed by atoms with Crippen LogP contribution in [0.5, 0.6) is 11.5 Å². The van der Waals surface area contributed by atoms with Gasteiger partial charge in [-0.2, -0.15) is 0 Å². The molecule has 0 spiro atoms. The summed E-state index contributed by atoms with van der Waals surface area (Å²) in [7, 11) is 1.63. The molecule has 0 aliphatic carbocycles. The minimum Gasteiger partial charge on any atom is -0.497 e. The molecule has 0 heterocycles. The zero-order valence-corrected chi connectivity index (χ0v) is 16.6. The molecule has 5 heteroatoms. The average Bonchev–Trinajstić information content (AvgIpc) is 2.78. The van der Waals surface area contributed by atoms with Crippen molar-refractivity contribution in [2.24, 2.45) is 0 Å². The second kappa shape index (κ2) is 10.8. The molecule has 3 aromatic rings. The maximum Gasteiger partial charge on any atom is 0.222 e. The van der Waals surface area contributed by atoms with Crippen molar-refractivity contribution in [1.82, 2.24) is 5.32 Å². The molecule has 3 rings (SSSR count). The summed E-state index contributed by atoms with van der Waals surface area (Å²) in [6.45, 7) is 1.62. The number of benzene rings is 3. The van der Waals surface area contributed by atoms with Gasteiger partial charge in [0.25, 0.3) is 0 Å². The molecular formula is C24H26N2O3. The van der Waals surface area contributed by atoms with E-state index in [2.05, 4.69) is 10.6 Å². The standard InChI is InChI=1S/C24H26N2O3/c1-28-22-11-7-19(8-12-22)17-26-24(27)15-16-25-21-9-13-23(14-10-21)29-18-20-5-3-2-4-6-20/h2-14,25H,15-18H2,1H3,(H,26,27). The molecule has 150 valence electrons. The van der Waals surface area contributed by atoms with Gasteiger partial charge in [0, 0.05) is 25.2 Å². The largest absolute Gasteiger partial charge is 0.497 e. The summed E-state index contributed by atoms with van der Waals surface area (Å²) >= 11 is 0. The van der Waals surface area contributed by atoms with Gasteiger partial charge in [0.1, 0.15) is 18.1 Å². The van der Waals surface area contributed by atoms with Gasteiger partial charge in [0.05, 0.1) is 7.11 Å². The lowest BCUT2D eigenvalue weighted by Crippen LogP contribution is -2.24. The number of hydrogen-bond donors (Lipinski definition) is 2. The number of carbonyl (C=O) groups excluding carboxylic acids is 1. The molecule has 5 nitrogen and oxygen atoms in total. The van der Waals surface area contributed by atoms with Gasteiger partial charge in [-0.1, -0.05) is 42.5 Å². The van der Waals surface area contributed by atoms with Crippen LogP contribution in [0.2, 0.25) is 0 Å². The number of anilines is 1. The summed E-state index contributed by atoms with van der Waals surface area (Å²) in [6.07, 6.45) is 0.405. The summed E-state index contributed by atoms with van der Waals surface area (Å²) in [5.41, 5.74) is 3.13. The molecule has 2 N–H and O–H groups in total. The topological polar surface area (TPSA) is 59.6 Å². The Balaban J connectivity index is 1.34. The first-order valence-corrected chi connectivity index (χ1v) is 9.63. The fraction of sp³-hybridized carbons (Fsp3) is 0.208. The minimum atomic E-state index is 0.0103. The van der Waals surface area contributed by atoms with Crippen LogP contribution in [-0.4, -0.2) is 19.6 Å². The summed E-state index contributed by atoms with van der Waals surface area (Å²) < 4.78 is 10.9. The third-order valence-corrected chi connectivity index (χ3v) is 4.43. The predicted octanol–water partition coefficient (Wildman–Crippen LogP) is 4.39. The van der Waals surface area contributed by atoms with Crippen molar-refractivity contribution >= 4 is 11.6 Å². The average molecular weight is 390 g/mol. The van der Waals surface area contributed by atoms with Crippen molar-refractivity contribution in [3.05, 3.63) is 90.0 Å². The molecule has 0 atom stereocenters. The van der Waals surface area contributed by atoms with E-state index in [4.69, 9.17) is 9.47 Å². The highest BCUT2D eigenvalue weighted by Gasteiger charge is 2.02. The van der Waals surface area contributed by atoms with Gasteiger partial charge < -0.3 is 20.1 Å². The number of ether oxygens (including phenoxy) is 2. The van der Waals surface area contributed by atoms with Gasteiger partial charge in [0.15, 0.2) is 0 Å². The van der Waals surface area contributed by atoms with Crippen LogP contribution in [-0.2, 0) is 17.9 Å².